The number of carbonyl (C=O) groups excluding carboxylic acids is 1. The third kappa shape index (κ3) is 5.50. The second-order valence-corrected chi connectivity index (χ2v) is 4.61. The van der Waals surface area contributed by atoms with Gasteiger partial charge in [-0.25, -0.2) is 0 Å². The topological polar surface area (TPSA) is 50.4 Å². The molecule has 0 aliphatic carbocycles. The van der Waals surface area contributed by atoms with Crippen molar-refractivity contribution in [2.75, 3.05) is 32.1 Å². The molecule has 0 atom stereocenters. The number of nitrogens with one attached hydrogen (secondary N) is 2. The van der Waals surface area contributed by atoms with Crippen LogP contribution in [0.5, 0.6) is 0 Å². The first-order valence-electron chi connectivity index (χ1n) is 5.08. The van der Waals surface area contributed by atoms with Crippen molar-refractivity contribution >= 4 is 39.1 Å². The fourth-order valence-electron chi connectivity index (χ4n) is 1.16. The Labute approximate surface area is 114 Å². The molecular weight excluding hydrogens is 307 g/mol. The van der Waals surface area contributed by atoms with E-state index in [1.807, 2.05) is 0 Å². The van der Waals surface area contributed by atoms with Crippen LogP contribution in [0.25, 0.3) is 0 Å². The minimum absolute atomic E-state index is 0.102. The third-order valence-corrected chi connectivity index (χ3v) is 3.19. The molecule has 0 fully saturated rings. The van der Waals surface area contributed by atoms with Crippen LogP contribution in [0, 0.1) is 0 Å². The van der Waals surface area contributed by atoms with Gasteiger partial charge in [0, 0.05) is 23.8 Å². The second-order valence-electron chi connectivity index (χ2n) is 3.35. The zero-order valence-electron chi connectivity index (χ0n) is 9.43. The van der Waals surface area contributed by atoms with Crippen LogP contribution in [-0.4, -0.2) is 32.7 Å². The van der Waals surface area contributed by atoms with Gasteiger partial charge in [-0.05, 0) is 34.1 Å². The molecule has 6 heteroatoms. The average Bonchev–Trinajstić information content (AvgIpc) is 2.30. The Hall–Kier alpha value is -0.620. The van der Waals surface area contributed by atoms with Crippen molar-refractivity contribution < 1.29 is 9.53 Å². The number of amides is 1. The van der Waals surface area contributed by atoms with Crippen LogP contribution in [0.4, 0.5) is 5.69 Å². The highest BCUT2D eigenvalue weighted by molar-refractivity contribution is 9.10. The lowest BCUT2D eigenvalue weighted by Crippen LogP contribution is -2.30. The summed E-state index contributed by atoms with van der Waals surface area (Å²) < 4.78 is 5.61. The number of hydrogen-bond donors (Lipinski definition) is 2. The van der Waals surface area contributed by atoms with E-state index in [1.165, 1.54) is 0 Å². The van der Waals surface area contributed by atoms with E-state index in [0.29, 0.717) is 23.9 Å². The van der Waals surface area contributed by atoms with Crippen molar-refractivity contribution in [2.45, 2.75) is 0 Å². The maximum atomic E-state index is 11.5. The molecule has 4 nitrogen and oxygen atoms in total. The predicted octanol–water partition coefficient (Wildman–Crippen LogP) is 2.28. The van der Waals surface area contributed by atoms with Gasteiger partial charge >= 0.3 is 0 Å². The molecule has 94 valence electrons. The molecule has 0 saturated carbocycles. The number of anilines is 1. The Kier molecular flexibility index (Phi) is 6.50. The zero-order chi connectivity index (χ0) is 12.7. The van der Waals surface area contributed by atoms with Crippen LogP contribution in [0.15, 0.2) is 22.7 Å². The van der Waals surface area contributed by atoms with Crippen LogP contribution in [0.2, 0.25) is 5.02 Å². The van der Waals surface area contributed by atoms with Crippen molar-refractivity contribution in [3.8, 4) is 0 Å². The monoisotopic (exact) mass is 320 g/mol. The van der Waals surface area contributed by atoms with E-state index >= 15 is 0 Å². The molecule has 0 radical (unpaired) electrons. The molecule has 2 N–H and O–H groups in total. The van der Waals surface area contributed by atoms with Gasteiger partial charge in [-0.15, -0.1) is 0 Å². The van der Waals surface area contributed by atoms with Crippen LogP contribution < -0.4 is 10.6 Å². The Balaban J connectivity index is 2.37. The summed E-state index contributed by atoms with van der Waals surface area (Å²) in [5, 5.41) is 6.33. The molecule has 1 amide bonds. The van der Waals surface area contributed by atoms with E-state index in [0.717, 1.165) is 4.47 Å². The standard InChI is InChI=1S/C11H14BrClN2O2/c1-17-5-4-14-7-11(16)15-8-2-3-10(13)9(12)6-8/h2-3,6,14H,4-5,7H2,1H3,(H,15,16). The summed E-state index contributed by atoms with van der Waals surface area (Å²) in [5.74, 6) is -0.102. The lowest BCUT2D eigenvalue weighted by atomic mass is 10.3. The molecular formula is C11H14BrClN2O2. The number of carbonyl (C=O) groups is 1. The number of ether oxygens (including phenoxy) is 1. The van der Waals surface area contributed by atoms with E-state index in [9.17, 15) is 4.79 Å². The normalized spacial score (nSPS) is 10.3. The van der Waals surface area contributed by atoms with Crippen LogP contribution in [0.1, 0.15) is 0 Å². The number of rotatable bonds is 6. The average molecular weight is 322 g/mol. The lowest BCUT2D eigenvalue weighted by Gasteiger charge is -2.07. The summed E-state index contributed by atoms with van der Waals surface area (Å²) in [6, 6.07) is 5.23. The highest BCUT2D eigenvalue weighted by Gasteiger charge is 2.03. The minimum atomic E-state index is -0.102. The molecule has 0 saturated heterocycles. The van der Waals surface area contributed by atoms with Crippen molar-refractivity contribution in [1.82, 2.24) is 5.32 Å². The minimum Gasteiger partial charge on any atom is -0.383 e. The van der Waals surface area contributed by atoms with Crippen LogP contribution in [0.3, 0.4) is 0 Å². The quantitative estimate of drug-likeness (QED) is 0.790. The van der Waals surface area contributed by atoms with Gasteiger partial charge < -0.3 is 15.4 Å². The fourth-order valence-corrected chi connectivity index (χ4v) is 1.65. The molecule has 0 aromatic heterocycles. The van der Waals surface area contributed by atoms with Crippen molar-refractivity contribution in [3.05, 3.63) is 27.7 Å². The van der Waals surface area contributed by atoms with E-state index < -0.39 is 0 Å². The summed E-state index contributed by atoms with van der Waals surface area (Å²) >= 11 is 9.14. The van der Waals surface area contributed by atoms with Gasteiger partial charge in [-0.2, -0.15) is 0 Å². The molecule has 0 unspecified atom stereocenters. The van der Waals surface area contributed by atoms with Gasteiger partial charge in [-0.1, -0.05) is 11.6 Å². The largest absolute Gasteiger partial charge is 0.383 e. The zero-order valence-corrected chi connectivity index (χ0v) is 11.8. The smallest absolute Gasteiger partial charge is 0.238 e. The SMILES string of the molecule is COCCNCC(=O)Nc1ccc(Cl)c(Br)c1. The first-order chi connectivity index (χ1) is 8.13. The lowest BCUT2D eigenvalue weighted by molar-refractivity contribution is -0.115. The Morgan fingerprint density at radius 1 is 1.53 bits per heavy atom. The summed E-state index contributed by atoms with van der Waals surface area (Å²) in [5.41, 5.74) is 0.708. The molecule has 0 heterocycles. The summed E-state index contributed by atoms with van der Waals surface area (Å²) in [4.78, 5) is 11.5. The molecule has 0 spiro atoms. The molecule has 1 rings (SSSR count). The highest BCUT2D eigenvalue weighted by atomic mass is 79.9. The van der Waals surface area contributed by atoms with Gasteiger partial charge in [0.05, 0.1) is 18.2 Å². The first-order valence-corrected chi connectivity index (χ1v) is 6.25. The van der Waals surface area contributed by atoms with E-state index in [-0.39, 0.29) is 12.5 Å². The summed E-state index contributed by atoms with van der Waals surface area (Å²) in [6.07, 6.45) is 0. The van der Waals surface area contributed by atoms with Crippen molar-refractivity contribution in [3.63, 3.8) is 0 Å². The number of halogens is 2. The van der Waals surface area contributed by atoms with Crippen LogP contribution in [-0.2, 0) is 9.53 Å². The van der Waals surface area contributed by atoms with E-state index in [2.05, 4.69) is 26.6 Å². The van der Waals surface area contributed by atoms with Crippen molar-refractivity contribution in [1.29, 1.82) is 0 Å². The second kappa shape index (κ2) is 7.66. The Morgan fingerprint density at radius 3 is 2.94 bits per heavy atom. The maximum absolute atomic E-state index is 11.5. The van der Waals surface area contributed by atoms with Gasteiger partial charge in [-0.3, -0.25) is 4.79 Å². The van der Waals surface area contributed by atoms with E-state index in [4.69, 9.17) is 16.3 Å². The van der Waals surface area contributed by atoms with Gasteiger partial charge in [0.15, 0.2) is 0 Å². The Bertz CT molecular complexity index is 388. The van der Waals surface area contributed by atoms with Gasteiger partial charge in [0.1, 0.15) is 0 Å². The summed E-state index contributed by atoms with van der Waals surface area (Å²) in [6.45, 7) is 1.48. The number of benzene rings is 1. The predicted molar refractivity (Wildman–Crippen MR) is 72.5 cm³/mol. The molecule has 1 aromatic rings. The molecule has 1 aromatic carbocycles. The molecule has 0 aliphatic heterocycles. The number of methoxy groups -OCH3 is 1. The maximum Gasteiger partial charge on any atom is 0.238 e. The molecule has 0 bridgehead atoms. The molecule has 17 heavy (non-hydrogen) atoms. The fraction of sp³-hybridized carbons (Fsp3) is 0.364. The van der Waals surface area contributed by atoms with Crippen molar-refractivity contribution in [2.24, 2.45) is 0 Å². The molecule has 0 aliphatic rings. The van der Waals surface area contributed by atoms with Gasteiger partial charge in [0.25, 0.3) is 0 Å². The first kappa shape index (κ1) is 14.4. The Morgan fingerprint density at radius 2 is 2.29 bits per heavy atom. The van der Waals surface area contributed by atoms with Crippen LogP contribution >= 0.6 is 27.5 Å². The van der Waals surface area contributed by atoms with Gasteiger partial charge in [0.2, 0.25) is 5.91 Å². The van der Waals surface area contributed by atoms with E-state index in [1.54, 1.807) is 25.3 Å². The highest BCUT2D eigenvalue weighted by Crippen LogP contribution is 2.25. The third-order valence-electron chi connectivity index (χ3n) is 1.97. The number of hydrogen-bond acceptors (Lipinski definition) is 3. The summed E-state index contributed by atoms with van der Waals surface area (Å²) in [7, 11) is 1.62.